The van der Waals surface area contributed by atoms with Crippen LogP contribution in [0.2, 0.25) is 0 Å². The molecule has 3 nitrogen and oxygen atoms in total. The molecule has 2 aromatic carbocycles. The lowest BCUT2D eigenvalue weighted by Gasteiger charge is -2.06. The number of hydrogen-bond donors (Lipinski definition) is 0. The Bertz CT molecular complexity index is 593. The van der Waals surface area contributed by atoms with Gasteiger partial charge in [-0.3, -0.25) is 4.79 Å². The van der Waals surface area contributed by atoms with Gasteiger partial charge in [-0.2, -0.15) is 0 Å². The first-order valence-corrected chi connectivity index (χ1v) is 6.30. The summed E-state index contributed by atoms with van der Waals surface area (Å²) in [5.41, 5.74) is 0.819. The van der Waals surface area contributed by atoms with Crippen LogP contribution < -0.4 is 4.74 Å². The first kappa shape index (κ1) is 12.8. The van der Waals surface area contributed by atoms with Gasteiger partial charge in [-0.1, -0.05) is 18.2 Å². The van der Waals surface area contributed by atoms with Crippen molar-refractivity contribution >= 4 is 34.8 Å². The van der Waals surface area contributed by atoms with Gasteiger partial charge in [-0.15, -0.1) is 0 Å². The van der Waals surface area contributed by atoms with Crippen molar-refractivity contribution in [1.29, 1.82) is 0 Å². The lowest BCUT2D eigenvalue weighted by molar-refractivity contribution is 0.0733. The van der Waals surface area contributed by atoms with Crippen LogP contribution >= 0.6 is 22.6 Å². The lowest BCUT2D eigenvalue weighted by Crippen LogP contribution is -2.09. The summed E-state index contributed by atoms with van der Waals surface area (Å²) < 4.78 is 6.15. The number of ether oxygens (including phenoxy) is 1. The van der Waals surface area contributed by atoms with E-state index in [0.717, 1.165) is 3.57 Å². The first-order chi connectivity index (χ1) is 8.70. The molecular weight excluding hydrogens is 343 g/mol. The van der Waals surface area contributed by atoms with Gasteiger partial charge in [0.25, 0.3) is 0 Å². The van der Waals surface area contributed by atoms with Crippen molar-refractivity contribution in [2.75, 3.05) is 0 Å². The Balaban J connectivity index is 2.24. The van der Waals surface area contributed by atoms with Crippen molar-refractivity contribution in [2.45, 2.75) is 0 Å². The van der Waals surface area contributed by atoms with Gasteiger partial charge in [0.2, 0.25) is 0 Å². The van der Waals surface area contributed by atoms with Gasteiger partial charge >= 0.3 is 5.97 Å². The molecule has 18 heavy (non-hydrogen) atoms. The fourth-order valence-electron chi connectivity index (χ4n) is 1.45. The van der Waals surface area contributed by atoms with Crippen LogP contribution in [0.4, 0.5) is 0 Å². The molecule has 0 N–H and O–H groups in total. The number of esters is 1. The molecule has 0 radical (unpaired) electrons. The highest BCUT2D eigenvalue weighted by Gasteiger charge is 2.11. The van der Waals surface area contributed by atoms with E-state index in [9.17, 15) is 9.59 Å². The molecule has 0 aromatic heterocycles. The van der Waals surface area contributed by atoms with E-state index in [0.29, 0.717) is 17.4 Å². The minimum atomic E-state index is -0.470. The number of benzene rings is 2. The van der Waals surface area contributed by atoms with Crippen LogP contribution in [0, 0.1) is 3.57 Å². The maximum absolute atomic E-state index is 11.9. The number of carbonyl (C=O) groups excluding carboxylic acids is 2. The van der Waals surface area contributed by atoms with Crippen LogP contribution in [0.1, 0.15) is 20.7 Å². The van der Waals surface area contributed by atoms with Crippen molar-refractivity contribution in [3.05, 3.63) is 63.2 Å². The second-order valence-electron chi connectivity index (χ2n) is 3.56. The third kappa shape index (κ3) is 2.95. The number of carbonyl (C=O) groups is 2. The molecule has 0 amide bonds. The van der Waals surface area contributed by atoms with Gasteiger partial charge in [0.1, 0.15) is 5.75 Å². The van der Waals surface area contributed by atoms with Crippen LogP contribution in [0.5, 0.6) is 5.75 Å². The van der Waals surface area contributed by atoms with Crippen LogP contribution in [-0.2, 0) is 0 Å². The molecule has 0 saturated heterocycles. The summed E-state index contributed by atoms with van der Waals surface area (Å²) in [6.45, 7) is 0. The minimum Gasteiger partial charge on any atom is -0.422 e. The highest BCUT2D eigenvalue weighted by molar-refractivity contribution is 14.1. The van der Waals surface area contributed by atoms with Crippen molar-refractivity contribution in [3.63, 3.8) is 0 Å². The molecule has 2 aromatic rings. The largest absolute Gasteiger partial charge is 0.422 e. The van der Waals surface area contributed by atoms with E-state index >= 15 is 0 Å². The topological polar surface area (TPSA) is 43.4 Å². The molecule has 0 aliphatic heterocycles. The van der Waals surface area contributed by atoms with Crippen LogP contribution in [0.25, 0.3) is 0 Å². The monoisotopic (exact) mass is 352 g/mol. The SMILES string of the molecule is O=Cc1ccccc1OC(=O)c1cccc(I)c1. The Labute approximate surface area is 118 Å². The van der Waals surface area contributed by atoms with Gasteiger partial charge in [0.05, 0.1) is 11.1 Å². The molecule has 0 spiro atoms. The Morgan fingerprint density at radius 2 is 1.89 bits per heavy atom. The van der Waals surface area contributed by atoms with Gasteiger partial charge in [-0.05, 0) is 52.9 Å². The lowest BCUT2D eigenvalue weighted by atomic mass is 10.2. The third-order valence-corrected chi connectivity index (χ3v) is 2.98. The molecule has 0 unspecified atom stereocenters. The first-order valence-electron chi connectivity index (χ1n) is 5.22. The number of halogens is 1. The summed E-state index contributed by atoms with van der Waals surface area (Å²) in [7, 11) is 0. The van der Waals surface area contributed by atoms with E-state index in [1.165, 1.54) is 0 Å². The normalized spacial score (nSPS) is 9.83. The number of para-hydroxylation sites is 1. The van der Waals surface area contributed by atoms with Crippen LogP contribution in [0.15, 0.2) is 48.5 Å². The van der Waals surface area contributed by atoms with E-state index in [1.54, 1.807) is 42.5 Å². The van der Waals surface area contributed by atoms with Crippen LogP contribution in [-0.4, -0.2) is 12.3 Å². The summed E-state index contributed by atoms with van der Waals surface area (Å²) in [4.78, 5) is 22.7. The molecule has 0 fully saturated rings. The molecule has 0 aliphatic rings. The maximum Gasteiger partial charge on any atom is 0.343 e. The average Bonchev–Trinajstić information content (AvgIpc) is 2.39. The molecule has 4 heteroatoms. The fourth-order valence-corrected chi connectivity index (χ4v) is 1.99. The predicted octanol–water partition coefficient (Wildman–Crippen LogP) is 3.32. The number of hydrogen-bond acceptors (Lipinski definition) is 3. The minimum absolute atomic E-state index is 0.274. The third-order valence-electron chi connectivity index (χ3n) is 2.31. The molecular formula is C14H9IO3. The Kier molecular flexibility index (Phi) is 4.09. The van der Waals surface area contributed by atoms with E-state index in [4.69, 9.17) is 4.74 Å². The standard InChI is InChI=1S/C14H9IO3/c15-12-6-3-5-10(8-12)14(17)18-13-7-2-1-4-11(13)9-16/h1-9H. The van der Waals surface area contributed by atoms with E-state index in [-0.39, 0.29) is 5.75 Å². The van der Waals surface area contributed by atoms with E-state index in [2.05, 4.69) is 22.6 Å². The van der Waals surface area contributed by atoms with E-state index < -0.39 is 5.97 Å². The Hall–Kier alpha value is -1.69. The predicted molar refractivity (Wildman–Crippen MR) is 75.9 cm³/mol. The second-order valence-corrected chi connectivity index (χ2v) is 4.80. The molecule has 0 aliphatic carbocycles. The van der Waals surface area contributed by atoms with Gasteiger partial charge in [0.15, 0.2) is 6.29 Å². The zero-order valence-corrected chi connectivity index (χ0v) is 11.5. The second kappa shape index (κ2) is 5.77. The summed E-state index contributed by atoms with van der Waals surface area (Å²) in [6, 6.07) is 13.7. The molecule has 90 valence electrons. The summed E-state index contributed by atoms with van der Waals surface area (Å²) in [6.07, 6.45) is 0.664. The van der Waals surface area contributed by atoms with Gasteiger partial charge in [-0.25, -0.2) is 4.79 Å². The Morgan fingerprint density at radius 1 is 1.11 bits per heavy atom. The van der Waals surface area contributed by atoms with Gasteiger partial charge < -0.3 is 4.74 Å². The van der Waals surface area contributed by atoms with E-state index in [1.807, 2.05) is 6.07 Å². The van der Waals surface area contributed by atoms with Crippen molar-refractivity contribution in [1.82, 2.24) is 0 Å². The number of rotatable bonds is 3. The smallest absolute Gasteiger partial charge is 0.343 e. The molecule has 2 rings (SSSR count). The molecule has 0 saturated carbocycles. The quantitative estimate of drug-likeness (QED) is 0.368. The summed E-state index contributed by atoms with van der Waals surface area (Å²) in [5.74, 6) is -0.195. The fraction of sp³-hybridized carbons (Fsp3) is 0. The van der Waals surface area contributed by atoms with Crippen molar-refractivity contribution in [3.8, 4) is 5.75 Å². The molecule has 0 atom stereocenters. The zero-order chi connectivity index (χ0) is 13.0. The van der Waals surface area contributed by atoms with Crippen molar-refractivity contribution in [2.24, 2.45) is 0 Å². The highest BCUT2D eigenvalue weighted by atomic mass is 127. The Morgan fingerprint density at radius 3 is 2.61 bits per heavy atom. The zero-order valence-electron chi connectivity index (χ0n) is 9.30. The maximum atomic E-state index is 11.9. The highest BCUT2D eigenvalue weighted by Crippen LogP contribution is 2.18. The summed E-state index contributed by atoms with van der Waals surface area (Å²) >= 11 is 2.12. The number of aldehydes is 1. The van der Waals surface area contributed by atoms with Crippen molar-refractivity contribution < 1.29 is 14.3 Å². The average molecular weight is 352 g/mol. The summed E-state index contributed by atoms with van der Waals surface area (Å²) in [5, 5.41) is 0. The van der Waals surface area contributed by atoms with Gasteiger partial charge in [0, 0.05) is 3.57 Å². The molecule has 0 heterocycles. The molecule has 0 bridgehead atoms. The van der Waals surface area contributed by atoms with Crippen LogP contribution in [0.3, 0.4) is 0 Å².